The summed E-state index contributed by atoms with van der Waals surface area (Å²) >= 11 is 0. The molecule has 0 aromatic carbocycles. The zero-order valence-corrected chi connectivity index (χ0v) is 18.4. The van der Waals surface area contributed by atoms with Crippen LogP contribution in [0.5, 0.6) is 0 Å². The fourth-order valence-electron chi connectivity index (χ4n) is 4.07. The van der Waals surface area contributed by atoms with E-state index in [-0.39, 0.29) is 36.0 Å². The second-order valence-electron chi connectivity index (χ2n) is 9.16. The van der Waals surface area contributed by atoms with Crippen LogP contribution < -0.4 is 10.6 Å². The number of hydrogen-bond donors (Lipinski definition) is 2. The average Bonchev–Trinajstić information content (AvgIpc) is 3.21. The van der Waals surface area contributed by atoms with Crippen LogP contribution in [0.1, 0.15) is 74.9 Å². The quantitative estimate of drug-likeness (QED) is 0.679. The Morgan fingerprint density at radius 1 is 1.26 bits per heavy atom. The molecular weight excluding hydrogens is 398 g/mol. The minimum atomic E-state index is -0.298. The second-order valence-corrected chi connectivity index (χ2v) is 9.16. The molecule has 2 aromatic heterocycles. The number of ether oxygens (including phenoxy) is 1. The molecule has 2 amide bonds. The molecule has 2 unspecified atom stereocenters. The van der Waals surface area contributed by atoms with Gasteiger partial charge in [0.2, 0.25) is 5.91 Å². The molecular formula is C22H31N5O4. The Morgan fingerprint density at radius 3 is 2.77 bits per heavy atom. The molecule has 0 radical (unpaired) electrons. The number of amides is 2. The summed E-state index contributed by atoms with van der Waals surface area (Å²) in [6, 6.07) is 3.69. The number of nitrogens with one attached hydrogen (secondary N) is 2. The number of alkyl carbamates (subject to hydrolysis) is 1. The Hall–Kier alpha value is -2.84. The van der Waals surface area contributed by atoms with Crippen LogP contribution in [0.3, 0.4) is 0 Å². The number of anilines is 1. The van der Waals surface area contributed by atoms with Gasteiger partial charge in [0.25, 0.3) is 0 Å². The Labute approximate surface area is 181 Å². The highest BCUT2D eigenvalue weighted by atomic mass is 16.6. The number of rotatable bonds is 6. The lowest BCUT2D eigenvalue weighted by Gasteiger charge is -2.18. The van der Waals surface area contributed by atoms with Crippen molar-refractivity contribution in [2.24, 2.45) is 7.05 Å². The van der Waals surface area contributed by atoms with Crippen LogP contribution in [0.25, 0.3) is 0 Å². The van der Waals surface area contributed by atoms with Crippen LogP contribution in [0.15, 0.2) is 16.7 Å². The Bertz CT molecular complexity index is 946. The summed E-state index contributed by atoms with van der Waals surface area (Å²) in [5, 5.41) is 14.3. The molecule has 0 bridgehead atoms. The molecule has 2 atom stereocenters. The van der Waals surface area contributed by atoms with E-state index in [0.717, 1.165) is 56.3 Å². The van der Waals surface area contributed by atoms with Gasteiger partial charge in [-0.05, 0) is 58.8 Å². The molecule has 0 saturated heterocycles. The van der Waals surface area contributed by atoms with Crippen molar-refractivity contribution in [1.82, 2.24) is 20.3 Å². The third-order valence-electron chi connectivity index (χ3n) is 6.19. The fraction of sp³-hybridized carbons (Fsp3) is 0.636. The number of aromatic nitrogens is 3. The largest absolute Gasteiger partial charge is 0.446 e. The topological polar surface area (TPSA) is 111 Å². The number of hydrogen-bond acceptors (Lipinski definition) is 6. The van der Waals surface area contributed by atoms with Gasteiger partial charge in [0.15, 0.2) is 0 Å². The number of aryl methyl sites for hydroxylation is 2. The third kappa shape index (κ3) is 5.65. The third-order valence-corrected chi connectivity index (χ3v) is 6.19. The Balaban J connectivity index is 1.30. The molecule has 2 aliphatic carbocycles. The number of carbonyl (C=O) groups excluding carboxylic acids is 2. The minimum Gasteiger partial charge on any atom is -0.446 e. The Morgan fingerprint density at radius 2 is 2.06 bits per heavy atom. The first-order valence-electron chi connectivity index (χ1n) is 11.0. The summed E-state index contributed by atoms with van der Waals surface area (Å²) in [5.74, 6) is 1.30. The van der Waals surface area contributed by atoms with E-state index in [2.05, 4.69) is 20.9 Å². The van der Waals surface area contributed by atoms with Gasteiger partial charge in [0.1, 0.15) is 17.7 Å². The van der Waals surface area contributed by atoms with Gasteiger partial charge in [-0.15, -0.1) is 0 Å². The molecule has 9 heteroatoms. The molecule has 4 rings (SSSR count). The maximum absolute atomic E-state index is 12.3. The summed E-state index contributed by atoms with van der Waals surface area (Å²) < 4.78 is 12.5. The van der Waals surface area contributed by atoms with Crippen molar-refractivity contribution >= 4 is 17.8 Å². The molecule has 2 fully saturated rings. The lowest BCUT2D eigenvalue weighted by atomic mass is 9.97. The van der Waals surface area contributed by atoms with Crippen molar-refractivity contribution in [3.8, 4) is 0 Å². The van der Waals surface area contributed by atoms with Crippen LogP contribution in [0.4, 0.5) is 10.6 Å². The van der Waals surface area contributed by atoms with E-state index in [1.54, 1.807) is 10.7 Å². The van der Waals surface area contributed by atoms with Gasteiger partial charge in [-0.25, -0.2) is 4.79 Å². The normalized spacial score (nSPS) is 22.4. The van der Waals surface area contributed by atoms with Crippen molar-refractivity contribution in [2.45, 2.75) is 82.8 Å². The predicted octanol–water partition coefficient (Wildman–Crippen LogP) is 3.59. The fourth-order valence-corrected chi connectivity index (χ4v) is 4.07. The first-order chi connectivity index (χ1) is 14.8. The van der Waals surface area contributed by atoms with Gasteiger partial charge >= 0.3 is 6.09 Å². The molecule has 9 nitrogen and oxygen atoms in total. The lowest BCUT2D eigenvalue weighted by Crippen LogP contribution is -2.36. The molecule has 31 heavy (non-hydrogen) atoms. The molecule has 0 aliphatic heterocycles. The van der Waals surface area contributed by atoms with Gasteiger partial charge in [-0.3, -0.25) is 9.48 Å². The van der Waals surface area contributed by atoms with E-state index in [4.69, 9.17) is 9.26 Å². The van der Waals surface area contributed by atoms with Crippen molar-refractivity contribution < 1.29 is 18.8 Å². The summed E-state index contributed by atoms with van der Waals surface area (Å²) in [5.41, 5.74) is 1.65. The maximum Gasteiger partial charge on any atom is 0.407 e. The highest BCUT2D eigenvalue weighted by molar-refractivity contribution is 5.91. The van der Waals surface area contributed by atoms with Gasteiger partial charge in [0.05, 0.1) is 17.8 Å². The molecule has 2 aromatic rings. The summed E-state index contributed by atoms with van der Waals surface area (Å²) in [6.45, 7) is 3.86. The van der Waals surface area contributed by atoms with Crippen LogP contribution >= 0.6 is 0 Å². The van der Waals surface area contributed by atoms with E-state index >= 15 is 0 Å². The molecule has 2 aliphatic rings. The van der Waals surface area contributed by atoms with Gasteiger partial charge in [-0.2, -0.15) is 5.10 Å². The summed E-state index contributed by atoms with van der Waals surface area (Å²) in [6.07, 6.45) is 6.36. The highest BCUT2D eigenvalue weighted by Crippen LogP contribution is 2.35. The minimum absolute atomic E-state index is 0.0550. The molecule has 2 N–H and O–H groups in total. The SMILES string of the molecule is Cc1cc(CC(=O)Nc2cc(C3CCCC(OC(=O)NC4(C)CC4)CC3)nn2C)on1. The maximum atomic E-state index is 12.3. The van der Waals surface area contributed by atoms with Gasteiger partial charge < -0.3 is 19.9 Å². The van der Waals surface area contributed by atoms with Gasteiger partial charge in [-0.1, -0.05) is 5.16 Å². The van der Waals surface area contributed by atoms with Crippen LogP contribution in [-0.4, -0.2) is 38.6 Å². The van der Waals surface area contributed by atoms with E-state index < -0.39 is 0 Å². The average molecular weight is 430 g/mol. The standard InChI is InChI=1S/C22H31N5O4/c1-14-11-17(31-26-14)12-20(28)23-19-13-18(25-27(19)3)15-5-4-6-16(8-7-15)30-21(29)24-22(2)9-10-22/h11,13,15-16H,4-10,12H2,1-3H3,(H,23,28)(H,24,29). The van der Waals surface area contributed by atoms with Crippen LogP contribution in [0.2, 0.25) is 0 Å². The van der Waals surface area contributed by atoms with E-state index in [9.17, 15) is 9.59 Å². The smallest absolute Gasteiger partial charge is 0.407 e. The molecule has 2 heterocycles. The van der Waals surface area contributed by atoms with E-state index in [1.165, 1.54) is 0 Å². The molecule has 2 saturated carbocycles. The van der Waals surface area contributed by atoms with Gasteiger partial charge in [0, 0.05) is 30.6 Å². The Kier molecular flexibility index (Phi) is 6.02. The number of nitrogens with zero attached hydrogens (tertiary/aromatic N) is 3. The zero-order chi connectivity index (χ0) is 22.0. The first kappa shape index (κ1) is 21.4. The van der Waals surface area contributed by atoms with Crippen molar-refractivity contribution in [1.29, 1.82) is 0 Å². The van der Waals surface area contributed by atoms with Crippen molar-refractivity contribution in [2.75, 3.05) is 5.32 Å². The summed E-state index contributed by atoms with van der Waals surface area (Å²) in [4.78, 5) is 24.5. The highest BCUT2D eigenvalue weighted by Gasteiger charge is 2.39. The van der Waals surface area contributed by atoms with Crippen LogP contribution in [-0.2, 0) is 23.0 Å². The predicted molar refractivity (Wildman–Crippen MR) is 114 cm³/mol. The van der Waals surface area contributed by atoms with Crippen molar-refractivity contribution in [3.63, 3.8) is 0 Å². The lowest BCUT2D eigenvalue weighted by molar-refractivity contribution is -0.115. The van der Waals surface area contributed by atoms with E-state index in [0.29, 0.717) is 11.6 Å². The van der Waals surface area contributed by atoms with Crippen LogP contribution in [0, 0.1) is 6.92 Å². The first-order valence-corrected chi connectivity index (χ1v) is 11.0. The monoisotopic (exact) mass is 429 g/mol. The number of carbonyl (C=O) groups is 2. The summed E-state index contributed by atoms with van der Waals surface area (Å²) in [7, 11) is 1.82. The second kappa shape index (κ2) is 8.72. The van der Waals surface area contributed by atoms with Crippen molar-refractivity contribution in [3.05, 3.63) is 29.3 Å². The zero-order valence-electron chi connectivity index (χ0n) is 18.4. The molecule has 168 valence electrons. The molecule has 0 spiro atoms. The van der Waals surface area contributed by atoms with E-state index in [1.807, 2.05) is 27.0 Å².